The molecule has 0 aliphatic carbocycles. The molecule has 0 aliphatic rings. The van der Waals surface area contributed by atoms with E-state index in [2.05, 4.69) is 4.72 Å². The Bertz CT molecular complexity index is 702. The van der Waals surface area contributed by atoms with Gasteiger partial charge in [-0.25, -0.2) is 17.5 Å². The third kappa shape index (κ3) is 3.15. The third-order valence-corrected chi connectivity index (χ3v) is 4.51. The number of sulfonamides is 1. The van der Waals surface area contributed by atoms with Crippen LogP contribution in [0, 0.1) is 5.82 Å². The number of nitrogens with one attached hydrogen (secondary N) is 1. The van der Waals surface area contributed by atoms with Crippen LogP contribution in [0.5, 0.6) is 0 Å². The van der Waals surface area contributed by atoms with Gasteiger partial charge in [-0.15, -0.1) is 0 Å². The van der Waals surface area contributed by atoms with Gasteiger partial charge in [0.25, 0.3) is 0 Å². The number of halogens is 1. The van der Waals surface area contributed by atoms with Gasteiger partial charge in [-0.3, -0.25) is 0 Å². The Morgan fingerprint density at radius 2 is 1.80 bits per heavy atom. The zero-order chi connectivity index (χ0) is 14.8. The molecule has 6 heteroatoms. The van der Waals surface area contributed by atoms with Crippen LogP contribution in [0.15, 0.2) is 53.4 Å². The minimum Gasteiger partial charge on any atom is -0.398 e. The molecule has 4 nitrogen and oxygen atoms in total. The van der Waals surface area contributed by atoms with E-state index in [1.165, 1.54) is 0 Å². The van der Waals surface area contributed by atoms with Crippen LogP contribution in [0.25, 0.3) is 0 Å². The summed E-state index contributed by atoms with van der Waals surface area (Å²) in [6.07, 6.45) is 0. The van der Waals surface area contributed by atoms with Gasteiger partial charge in [0.1, 0.15) is 10.7 Å². The number of nitrogens with two attached hydrogens (primary N) is 1. The van der Waals surface area contributed by atoms with Gasteiger partial charge >= 0.3 is 0 Å². The Morgan fingerprint density at radius 3 is 2.40 bits per heavy atom. The van der Waals surface area contributed by atoms with Crippen LogP contribution in [0.2, 0.25) is 0 Å². The Kier molecular flexibility index (Phi) is 4.06. The first-order valence-electron chi connectivity index (χ1n) is 6.02. The largest absolute Gasteiger partial charge is 0.398 e. The molecule has 0 radical (unpaired) electrons. The Balaban J connectivity index is 2.28. The summed E-state index contributed by atoms with van der Waals surface area (Å²) in [4.78, 5) is -0.123. The second kappa shape index (κ2) is 5.60. The molecule has 0 bridgehead atoms. The summed E-state index contributed by atoms with van der Waals surface area (Å²) in [6, 6.07) is 11.9. The minimum atomic E-state index is -3.80. The van der Waals surface area contributed by atoms with Crippen molar-refractivity contribution in [1.29, 1.82) is 0 Å². The first-order valence-corrected chi connectivity index (χ1v) is 7.51. The van der Waals surface area contributed by atoms with E-state index in [4.69, 9.17) is 5.73 Å². The second-order valence-electron chi connectivity index (χ2n) is 4.44. The van der Waals surface area contributed by atoms with Crippen LogP contribution in [0.3, 0.4) is 0 Å². The highest BCUT2D eigenvalue weighted by atomic mass is 32.2. The standard InChI is InChI=1S/C14H15FN2O2S/c1-10(11-5-3-2-4-6-11)17-20(18,19)14-8-7-12(15)9-13(14)16/h2-10,17H,16H2,1H3/t10-/m1/s1. The molecule has 0 saturated heterocycles. The average molecular weight is 294 g/mol. The molecule has 0 saturated carbocycles. The van der Waals surface area contributed by atoms with Crippen LogP contribution in [0.4, 0.5) is 10.1 Å². The maximum atomic E-state index is 13.0. The molecule has 2 rings (SSSR count). The van der Waals surface area contributed by atoms with Gasteiger partial charge in [-0.2, -0.15) is 0 Å². The van der Waals surface area contributed by atoms with Crippen molar-refractivity contribution < 1.29 is 12.8 Å². The maximum absolute atomic E-state index is 13.0. The maximum Gasteiger partial charge on any atom is 0.243 e. The number of rotatable bonds is 4. The van der Waals surface area contributed by atoms with Gasteiger partial charge in [-0.1, -0.05) is 30.3 Å². The predicted molar refractivity (Wildman–Crippen MR) is 76.0 cm³/mol. The van der Waals surface area contributed by atoms with E-state index in [1.807, 2.05) is 30.3 Å². The average Bonchev–Trinajstić information content (AvgIpc) is 2.38. The van der Waals surface area contributed by atoms with Crippen molar-refractivity contribution in [3.05, 3.63) is 59.9 Å². The summed E-state index contributed by atoms with van der Waals surface area (Å²) in [7, 11) is -3.80. The lowest BCUT2D eigenvalue weighted by Gasteiger charge is -2.15. The van der Waals surface area contributed by atoms with E-state index in [9.17, 15) is 12.8 Å². The zero-order valence-electron chi connectivity index (χ0n) is 10.9. The molecule has 2 aromatic rings. The van der Waals surface area contributed by atoms with Crippen molar-refractivity contribution in [2.45, 2.75) is 17.9 Å². The minimum absolute atomic E-state index is 0.113. The Labute approximate surface area is 117 Å². The summed E-state index contributed by atoms with van der Waals surface area (Å²) in [5.41, 5.74) is 6.28. The van der Waals surface area contributed by atoms with Crippen LogP contribution in [-0.2, 0) is 10.0 Å². The van der Waals surface area contributed by atoms with Crippen molar-refractivity contribution in [3.8, 4) is 0 Å². The summed E-state index contributed by atoms with van der Waals surface area (Å²) in [5.74, 6) is -0.572. The fourth-order valence-electron chi connectivity index (χ4n) is 1.87. The summed E-state index contributed by atoms with van der Waals surface area (Å²) < 4.78 is 40.0. The van der Waals surface area contributed by atoms with Crippen LogP contribution in [-0.4, -0.2) is 8.42 Å². The predicted octanol–water partition coefficient (Wildman–Crippen LogP) is 2.45. The van der Waals surface area contributed by atoms with Crippen LogP contribution >= 0.6 is 0 Å². The van der Waals surface area contributed by atoms with Crippen molar-refractivity contribution in [1.82, 2.24) is 4.72 Å². The lowest BCUT2D eigenvalue weighted by atomic mass is 10.1. The second-order valence-corrected chi connectivity index (χ2v) is 6.12. The molecule has 0 fully saturated rings. The fraction of sp³-hybridized carbons (Fsp3) is 0.143. The number of hydrogen-bond donors (Lipinski definition) is 2. The fourth-order valence-corrected chi connectivity index (χ4v) is 3.21. The molecular weight excluding hydrogens is 279 g/mol. The molecule has 3 N–H and O–H groups in total. The quantitative estimate of drug-likeness (QED) is 0.851. The number of anilines is 1. The molecule has 2 aromatic carbocycles. The molecular formula is C14H15FN2O2S. The molecule has 1 atom stereocenters. The van der Waals surface area contributed by atoms with E-state index in [1.54, 1.807) is 6.92 Å². The molecule has 0 aromatic heterocycles. The Hall–Kier alpha value is -1.92. The first-order chi connectivity index (χ1) is 9.40. The van der Waals surface area contributed by atoms with Crippen LogP contribution < -0.4 is 10.5 Å². The van der Waals surface area contributed by atoms with Crippen molar-refractivity contribution in [2.75, 3.05) is 5.73 Å². The molecule has 0 aliphatic heterocycles. The summed E-state index contributed by atoms with van der Waals surface area (Å²) >= 11 is 0. The van der Waals surface area contributed by atoms with E-state index in [0.717, 1.165) is 23.8 Å². The lowest BCUT2D eigenvalue weighted by molar-refractivity contribution is 0.567. The van der Waals surface area contributed by atoms with Gasteiger partial charge < -0.3 is 5.73 Å². The van der Waals surface area contributed by atoms with Gasteiger partial charge in [0.2, 0.25) is 10.0 Å². The molecule has 106 valence electrons. The van der Waals surface area contributed by atoms with E-state index in [0.29, 0.717) is 0 Å². The van der Waals surface area contributed by atoms with E-state index >= 15 is 0 Å². The molecule has 0 spiro atoms. The molecule has 20 heavy (non-hydrogen) atoms. The smallest absolute Gasteiger partial charge is 0.243 e. The van der Waals surface area contributed by atoms with Crippen molar-refractivity contribution in [2.24, 2.45) is 0 Å². The Morgan fingerprint density at radius 1 is 1.15 bits per heavy atom. The van der Waals surface area contributed by atoms with Gasteiger partial charge in [-0.05, 0) is 30.7 Å². The highest BCUT2D eigenvalue weighted by Crippen LogP contribution is 2.22. The third-order valence-electron chi connectivity index (χ3n) is 2.89. The topological polar surface area (TPSA) is 72.2 Å². The lowest BCUT2D eigenvalue weighted by Crippen LogP contribution is -2.27. The van der Waals surface area contributed by atoms with Crippen LogP contribution in [0.1, 0.15) is 18.5 Å². The number of hydrogen-bond acceptors (Lipinski definition) is 3. The van der Waals surface area contributed by atoms with Crippen molar-refractivity contribution >= 4 is 15.7 Å². The first kappa shape index (κ1) is 14.5. The highest BCUT2D eigenvalue weighted by Gasteiger charge is 2.20. The van der Waals surface area contributed by atoms with Gasteiger partial charge in [0.05, 0.1) is 5.69 Å². The van der Waals surface area contributed by atoms with E-state index in [-0.39, 0.29) is 10.6 Å². The number of nitrogen functional groups attached to an aromatic ring is 1. The summed E-state index contributed by atoms with van der Waals surface area (Å²) in [5, 5.41) is 0. The number of benzene rings is 2. The summed E-state index contributed by atoms with van der Waals surface area (Å²) in [6.45, 7) is 1.73. The molecule has 0 amide bonds. The highest BCUT2D eigenvalue weighted by molar-refractivity contribution is 7.89. The van der Waals surface area contributed by atoms with Crippen molar-refractivity contribution in [3.63, 3.8) is 0 Å². The van der Waals surface area contributed by atoms with Gasteiger partial charge in [0.15, 0.2) is 0 Å². The van der Waals surface area contributed by atoms with E-state index < -0.39 is 21.9 Å². The SMILES string of the molecule is C[C@@H](NS(=O)(=O)c1ccc(F)cc1N)c1ccccc1. The van der Waals surface area contributed by atoms with Gasteiger partial charge in [0, 0.05) is 6.04 Å². The zero-order valence-corrected chi connectivity index (χ0v) is 11.7. The molecule has 0 unspecified atom stereocenters. The normalized spacial score (nSPS) is 13.1. The molecule has 0 heterocycles. The monoisotopic (exact) mass is 294 g/mol.